The summed E-state index contributed by atoms with van der Waals surface area (Å²) in [6.45, 7) is 3.90. The lowest BCUT2D eigenvalue weighted by molar-refractivity contribution is 0.199. The molecule has 2 nitrogen and oxygen atoms in total. The van der Waals surface area contributed by atoms with Gasteiger partial charge in [0.2, 0.25) is 0 Å². The Hall–Kier alpha value is -0.0800. The Morgan fingerprint density at radius 1 is 0.917 bits per heavy atom. The Morgan fingerprint density at radius 3 is 2.58 bits per heavy atom. The molecule has 2 aliphatic heterocycles. The van der Waals surface area contributed by atoms with Crippen LogP contribution in [0.5, 0.6) is 0 Å². The van der Waals surface area contributed by atoms with Gasteiger partial charge in [-0.2, -0.15) is 0 Å². The van der Waals surface area contributed by atoms with Gasteiger partial charge in [-0.1, -0.05) is 12.8 Å². The predicted octanol–water partition coefficient (Wildman–Crippen LogP) is 1.57. The van der Waals surface area contributed by atoms with E-state index in [0.717, 1.165) is 6.17 Å². The van der Waals surface area contributed by atoms with Crippen LogP contribution in [-0.4, -0.2) is 30.7 Å². The summed E-state index contributed by atoms with van der Waals surface area (Å²) < 4.78 is 0. The minimum absolute atomic E-state index is 0.718. The molecule has 0 amide bonds. The smallest absolute Gasteiger partial charge is 0.0597 e. The molecule has 0 aromatic rings. The van der Waals surface area contributed by atoms with Crippen LogP contribution in [0, 0.1) is 0 Å². The number of rotatable bonds is 1. The van der Waals surface area contributed by atoms with Crippen LogP contribution in [0.3, 0.4) is 0 Å². The minimum Gasteiger partial charge on any atom is -0.302 e. The summed E-state index contributed by atoms with van der Waals surface area (Å²) in [6, 6.07) is 0. The van der Waals surface area contributed by atoms with Crippen molar-refractivity contribution in [1.82, 2.24) is 10.2 Å². The van der Waals surface area contributed by atoms with Crippen molar-refractivity contribution >= 4 is 0 Å². The summed E-state index contributed by atoms with van der Waals surface area (Å²) >= 11 is 0. The molecule has 0 aliphatic carbocycles. The van der Waals surface area contributed by atoms with E-state index >= 15 is 0 Å². The second-order valence-electron chi connectivity index (χ2n) is 4.06. The fraction of sp³-hybridized carbons (Fsp3) is 1.00. The highest BCUT2D eigenvalue weighted by atomic mass is 15.3. The number of hydrogen-bond donors (Lipinski definition) is 1. The van der Waals surface area contributed by atoms with Crippen molar-refractivity contribution in [2.75, 3.05) is 19.6 Å². The lowest BCUT2D eigenvalue weighted by Crippen LogP contribution is -2.43. The van der Waals surface area contributed by atoms with E-state index in [0.29, 0.717) is 0 Å². The van der Waals surface area contributed by atoms with Gasteiger partial charge in [0.1, 0.15) is 0 Å². The highest BCUT2D eigenvalue weighted by molar-refractivity contribution is 4.76. The van der Waals surface area contributed by atoms with Gasteiger partial charge in [0.05, 0.1) is 6.17 Å². The standard InChI is InChI=1S/C10H20N2/c1-2-6-10(11-7-3-1)12-8-4-5-9-12/h10-11H,1-9H2. The summed E-state index contributed by atoms with van der Waals surface area (Å²) in [5, 5.41) is 3.65. The first-order valence-corrected chi connectivity index (χ1v) is 5.44. The molecule has 2 saturated heterocycles. The molecule has 2 heterocycles. The van der Waals surface area contributed by atoms with Crippen LogP contribution in [0.25, 0.3) is 0 Å². The third-order valence-corrected chi connectivity index (χ3v) is 3.12. The minimum atomic E-state index is 0.718. The van der Waals surface area contributed by atoms with Crippen molar-refractivity contribution in [2.24, 2.45) is 0 Å². The maximum absolute atomic E-state index is 3.65. The van der Waals surface area contributed by atoms with E-state index in [-0.39, 0.29) is 0 Å². The zero-order chi connectivity index (χ0) is 8.23. The normalized spacial score (nSPS) is 33.5. The van der Waals surface area contributed by atoms with Gasteiger partial charge in [0.25, 0.3) is 0 Å². The van der Waals surface area contributed by atoms with Gasteiger partial charge in [-0.15, -0.1) is 0 Å². The van der Waals surface area contributed by atoms with Gasteiger partial charge in [-0.05, 0) is 45.3 Å². The van der Waals surface area contributed by atoms with Crippen LogP contribution in [0.2, 0.25) is 0 Å². The van der Waals surface area contributed by atoms with Crippen LogP contribution >= 0.6 is 0 Å². The van der Waals surface area contributed by atoms with Crippen molar-refractivity contribution < 1.29 is 0 Å². The third-order valence-electron chi connectivity index (χ3n) is 3.12. The second kappa shape index (κ2) is 4.24. The molecule has 0 aromatic carbocycles. The molecular weight excluding hydrogens is 148 g/mol. The van der Waals surface area contributed by atoms with E-state index < -0.39 is 0 Å². The summed E-state index contributed by atoms with van der Waals surface area (Å²) in [5.74, 6) is 0. The quantitative estimate of drug-likeness (QED) is 0.639. The molecule has 2 rings (SSSR count). The van der Waals surface area contributed by atoms with Crippen molar-refractivity contribution in [3.63, 3.8) is 0 Å². The first-order valence-electron chi connectivity index (χ1n) is 5.44. The average molecular weight is 168 g/mol. The van der Waals surface area contributed by atoms with Crippen molar-refractivity contribution in [1.29, 1.82) is 0 Å². The monoisotopic (exact) mass is 168 g/mol. The molecule has 0 saturated carbocycles. The third kappa shape index (κ3) is 1.99. The van der Waals surface area contributed by atoms with Crippen molar-refractivity contribution in [3.8, 4) is 0 Å². The average Bonchev–Trinajstić information content (AvgIpc) is 2.48. The van der Waals surface area contributed by atoms with E-state index in [9.17, 15) is 0 Å². The second-order valence-corrected chi connectivity index (χ2v) is 4.06. The highest BCUT2D eigenvalue weighted by Gasteiger charge is 2.21. The molecule has 2 heteroatoms. The summed E-state index contributed by atoms with van der Waals surface area (Å²) in [4.78, 5) is 2.63. The molecule has 1 N–H and O–H groups in total. The topological polar surface area (TPSA) is 15.3 Å². The number of hydrogen-bond acceptors (Lipinski definition) is 2. The van der Waals surface area contributed by atoms with Gasteiger partial charge >= 0.3 is 0 Å². The fourth-order valence-corrected chi connectivity index (χ4v) is 2.38. The van der Waals surface area contributed by atoms with Crippen molar-refractivity contribution in [2.45, 2.75) is 44.7 Å². The maximum atomic E-state index is 3.65. The van der Waals surface area contributed by atoms with Gasteiger partial charge < -0.3 is 5.32 Å². The summed E-state index contributed by atoms with van der Waals surface area (Å²) in [7, 11) is 0. The predicted molar refractivity (Wildman–Crippen MR) is 51.1 cm³/mol. The van der Waals surface area contributed by atoms with E-state index in [1.54, 1.807) is 0 Å². The Balaban J connectivity index is 1.83. The first-order chi connectivity index (χ1) is 5.97. The van der Waals surface area contributed by atoms with Gasteiger partial charge in [-0.3, -0.25) is 4.90 Å². The number of nitrogens with one attached hydrogen (secondary N) is 1. The molecular formula is C10H20N2. The van der Waals surface area contributed by atoms with Gasteiger partial charge in [0, 0.05) is 0 Å². The molecule has 70 valence electrons. The van der Waals surface area contributed by atoms with E-state index in [2.05, 4.69) is 10.2 Å². The SMILES string of the molecule is C1CCNC(N2CCCC2)CC1. The highest BCUT2D eigenvalue weighted by Crippen LogP contribution is 2.16. The Labute approximate surface area is 75.3 Å². The molecule has 1 atom stereocenters. The lowest BCUT2D eigenvalue weighted by atomic mass is 10.2. The Bertz CT molecular complexity index is 122. The molecule has 0 bridgehead atoms. The van der Waals surface area contributed by atoms with E-state index in [4.69, 9.17) is 0 Å². The first kappa shape index (κ1) is 8.52. The summed E-state index contributed by atoms with van der Waals surface area (Å²) in [6.07, 6.45) is 9.15. The molecule has 0 aromatic heterocycles. The Kier molecular flexibility index (Phi) is 3.01. The molecule has 0 spiro atoms. The largest absolute Gasteiger partial charge is 0.302 e. The molecule has 12 heavy (non-hydrogen) atoms. The summed E-state index contributed by atoms with van der Waals surface area (Å²) in [5.41, 5.74) is 0. The zero-order valence-corrected chi connectivity index (χ0v) is 7.89. The molecule has 1 unspecified atom stereocenters. The zero-order valence-electron chi connectivity index (χ0n) is 7.89. The Morgan fingerprint density at radius 2 is 1.75 bits per heavy atom. The van der Waals surface area contributed by atoms with Crippen LogP contribution in [0.15, 0.2) is 0 Å². The fourth-order valence-electron chi connectivity index (χ4n) is 2.38. The molecule has 0 radical (unpaired) electrons. The lowest BCUT2D eigenvalue weighted by Gasteiger charge is -2.26. The van der Waals surface area contributed by atoms with Crippen LogP contribution in [0.4, 0.5) is 0 Å². The number of nitrogens with zero attached hydrogens (tertiary/aromatic N) is 1. The number of likely N-dealkylation sites (tertiary alicyclic amines) is 1. The van der Waals surface area contributed by atoms with Crippen molar-refractivity contribution in [3.05, 3.63) is 0 Å². The van der Waals surface area contributed by atoms with Crippen LogP contribution < -0.4 is 5.32 Å². The molecule has 2 fully saturated rings. The maximum Gasteiger partial charge on any atom is 0.0597 e. The van der Waals surface area contributed by atoms with Crippen LogP contribution in [-0.2, 0) is 0 Å². The van der Waals surface area contributed by atoms with Crippen LogP contribution in [0.1, 0.15) is 38.5 Å². The van der Waals surface area contributed by atoms with Gasteiger partial charge in [-0.25, -0.2) is 0 Å². The molecule has 2 aliphatic rings. The van der Waals surface area contributed by atoms with Gasteiger partial charge in [0.15, 0.2) is 0 Å². The van der Waals surface area contributed by atoms with E-state index in [1.807, 2.05) is 0 Å². The van der Waals surface area contributed by atoms with E-state index in [1.165, 1.54) is 58.2 Å².